The average Bonchev–Trinajstić information content (AvgIpc) is 2.96. The van der Waals surface area contributed by atoms with Crippen molar-refractivity contribution in [3.05, 3.63) is 64.2 Å². The lowest BCUT2D eigenvalue weighted by Gasteiger charge is -2.17. The summed E-state index contributed by atoms with van der Waals surface area (Å²) in [6.45, 7) is 0.402. The predicted molar refractivity (Wildman–Crippen MR) is 87.9 cm³/mol. The molecule has 1 fully saturated rings. The number of non-ortho nitro benzene ring substituents is 1. The minimum atomic E-state index is -1.06. The highest BCUT2D eigenvalue weighted by atomic mass is 16.6. The molecule has 3 rings (SSSR count). The molecule has 0 bridgehead atoms. The Balaban J connectivity index is 1.72. The van der Waals surface area contributed by atoms with Crippen molar-refractivity contribution in [1.29, 1.82) is 0 Å². The Bertz CT molecular complexity index is 833. The zero-order chi connectivity index (χ0) is 18.0. The van der Waals surface area contributed by atoms with Crippen LogP contribution in [-0.2, 0) is 4.79 Å². The molecule has 2 aromatic carbocycles. The van der Waals surface area contributed by atoms with Gasteiger partial charge in [-0.1, -0.05) is 6.07 Å². The Morgan fingerprint density at radius 2 is 1.96 bits per heavy atom. The fourth-order valence-electron chi connectivity index (χ4n) is 2.64. The Morgan fingerprint density at radius 3 is 2.60 bits per heavy atom. The molecule has 0 radical (unpaired) electrons. The van der Waals surface area contributed by atoms with Crippen LogP contribution in [0, 0.1) is 10.1 Å². The molecule has 128 valence electrons. The number of ether oxygens (including phenoxy) is 1. The van der Waals surface area contributed by atoms with E-state index in [0.29, 0.717) is 24.4 Å². The SMILES string of the molecule is O=C(O)c1cccc(N2CC[C@@H](Oc3ccc([N+](=O)[O-])cc3)C2=O)c1. The maximum Gasteiger partial charge on any atom is 0.335 e. The van der Waals surface area contributed by atoms with Crippen molar-refractivity contribution < 1.29 is 24.4 Å². The van der Waals surface area contributed by atoms with E-state index < -0.39 is 17.0 Å². The summed E-state index contributed by atoms with van der Waals surface area (Å²) >= 11 is 0. The molecule has 1 aliphatic rings. The van der Waals surface area contributed by atoms with Crippen LogP contribution >= 0.6 is 0 Å². The van der Waals surface area contributed by atoms with Gasteiger partial charge in [-0.05, 0) is 30.3 Å². The number of carboxylic acid groups (broad SMARTS) is 1. The Hall–Kier alpha value is -3.42. The van der Waals surface area contributed by atoms with E-state index in [2.05, 4.69) is 0 Å². The zero-order valence-corrected chi connectivity index (χ0v) is 13.0. The van der Waals surface area contributed by atoms with Crippen LogP contribution < -0.4 is 9.64 Å². The normalized spacial score (nSPS) is 16.7. The Kier molecular flexibility index (Phi) is 4.34. The molecule has 1 saturated heterocycles. The van der Waals surface area contributed by atoms with Crippen LogP contribution in [0.5, 0.6) is 5.75 Å². The number of anilines is 1. The summed E-state index contributed by atoms with van der Waals surface area (Å²) in [5, 5.41) is 19.7. The van der Waals surface area contributed by atoms with Crippen LogP contribution in [0.1, 0.15) is 16.8 Å². The van der Waals surface area contributed by atoms with Gasteiger partial charge >= 0.3 is 5.97 Å². The predicted octanol–water partition coefficient (Wildman–Crippen LogP) is 2.48. The first-order valence-corrected chi connectivity index (χ1v) is 7.51. The molecule has 0 aliphatic carbocycles. The molecule has 2 aromatic rings. The van der Waals surface area contributed by atoms with Crippen molar-refractivity contribution in [3.63, 3.8) is 0 Å². The lowest BCUT2D eigenvalue weighted by atomic mass is 10.2. The first-order valence-electron chi connectivity index (χ1n) is 7.51. The molecule has 25 heavy (non-hydrogen) atoms. The average molecular weight is 342 g/mol. The van der Waals surface area contributed by atoms with Crippen molar-refractivity contribution in [2.75, 3.05) is 11.4 Å². The van der Waals surface area contributed by atoms with Gasteiger partial charge in [-0.3, -0.25) is 14.9 Å². The van der Waals surface area contributed by atoms with E-state index in [4.69, 9.17) is 9.84 Å². The quantitative estimate of drug-likeness (QED) is 0.660. The van der Waals surface area contributed by atoms with E-state index in [0.717, 1.165) is 0 Å². The summed E-state index contributed by atoms with van der Waals surface area (Å²) in [7, 11) is 0. The number of hydrogen-bond donors (Lipinski definition) is 1. The number of amides is 1. The monoisotopic (exact) mass is 342 g/mol. The first kappa shape index (κ1) is 16.4. The summed E-state index contributed by atoms with van der Waals surface area (Å²) < 4.78 is 5.62. The largest absolute Gasteiger partial charge is 0.481 e. The summed E-state index contributed by atoms with van der Waals surface area (Å²) in [5.41, 5.74) is 0.543. The number of nitrogens with zero attached hydrogens (tertiary/aromatic N) is 2. The lowest BCUT2D eigenvalue weighted by molar-refractivity contribution is -0.384. The number of benzene rings is 2. The molecule has 0 unspecified atom stereocenters. The molecule has 8 heteroatoms. The van der Waals surface area contributed by atoms with Crippen molar-refractivity contribution in [2.24, 2.45) is 0 Å². The third-order valence-electron chi connectivity index (χ3n) is 3.89. The summed E-state index contributed by atoms with van der Waals surface area (Å²) in [4.78, 5) is 35.2. The van der Waals surface area contributed by atoms with Crippen molar-refractivity contribution in [1.82, 2.24) is 0 Å². The molecular weight excluding hydrogens is 328 g/mol. The maximum absolute atomic E-state index is 12.5. The minimum absolute atomic E-state index is 0.0581. The van der Waals surface area contributed by atoms with Crippen LogP contribution in [0.25, 0.3) is 0 Å². The van der Waals surface area contributed by atoms with Gasteiger partial charge in [0, 0.05) is 30.8 Å². The van der Waals surface area contributed by atoms with E-state index in [-0.39, 0.29) is 17.2 Å². The second kappa shape index (κ2) is 6.60. The fourth-order valence-corrected chi connectivity index (χ4v) is 2.64. The molecule has 1 amide bonds. The summed E-state index contributed by atoms with van der Waals surface area (Å²) in [5.74, 6) is -0.974. The van der Waals surface area contributed by atoms with Gasteiger partial charge in [-0.25, -0.2) is 4.79 Å². The second-order valence-electron chi connectivity index (χ2n) is 5.49. The number of rotatable bonds is 5. The number of aromatic carboxylic acids is 1. The molecule has 1 atom stereocenters. The number of carbonyl (C=O) groups is 2. The van der Waals surface area contributed by atoms with Crippen LogP contribution in [0.3, 0.4) is 0 Å². The fraction of sp³-hybridized carbons (Fsp3) is 0.176. The highest BCUT2D eigenvalue weighted by molar-refractivity contribution is 6.00. The highest BCUT2D eigenvalue weighted by Crippen LogP contribution is 2.26. The summed E-state index contributed by atoms with van der Waals surface area (Å²) in [6, 6.07) is 11.6. The van der Waals surface area contributed by atoms with Gasteiger partial charge in [-0.15, -0.1) is 0 Å². The number of carbonyl (C=O) groups excluding carboxylic acids is 1. The molecule has 0 aromatic heterocycles. The van der Waals surface area contributed by atoms with Gasteiger partial charge < -0.3 is 14.7 Å². The number of carboxylic acids is 1. The molecule has 8 nitrogen and oxygen atoms in total. The topological polar surface area (TPSA) is 110 Å². The first-order chi connectivity index (χ1) is 12.0. The van der Waals surface area contributed by atoms with Gasteiger partial charge in [0.2, 0.25) is 0 Å². The third kappa shape index (κ3) is 3.42. The van der Waals surface area contributed by atoms with Crippen LogP contribution in [0.4, 0.5) is 11.4 Å². The Morgan fingerprint density at radius 1 is 1.24 bits per heavy atom. The zero-order valence-electron chi connectivity index (χ0n) is 13.0. The molecule has 1 aliphatic heterocycles. The van der Waals surface area contributed by atoms with E-state index >= 15 is 0 Å². The van der Waals surface area contributed by atoms with E-state index in [1.807, 2.05) is 0 Å². The third-order valence-corrected chi connectivity index (χ3v) is 3.89. The van der Waals surface area contributed by atoms with Crippen molar-refractivity contribution >= 4 is 23.3 Å². The lowest BCUT2D eigenvalue weighted by Crippen LogP contribution is -2.32. The van der Waals surface area contributed by atoms with Crippen molar-refractivity contribution in [2.45, 2.75) is 12.5 Å². The van der Waals surface area contributed by atoms with E-state index in [1.54, 1.807) is 12.1 Å². The van der Waals surface area contributed by atoms with Gasteiger partial charge in [0.25, 0.3) is 11.6 Å². The molecule has 1 heterocycles. The smallest absolute Gasteiger partial charge is 0.335 e. The van der Waals surface area contributed by atoms with Gasteiger partial charge in [-0.2, -0.15) is 0 Å². The minimum Gasteiger partial charge on any atom is -0.481 e. The van der Waals surface area contributed by atoms with Gasteiger partial charge in [0.15, 0.2) is 6.10 Å². The van der Waals surface area contributed by atoms with Crippen LogP contribution in [0.2, 0.25) is 0 Å². The summed E-state index contributed by atoms with van der Waals surface area (Å²) in [6.07, 6.45) is -0.275. The van der Waals surface area contributed by atoms with Crippen LogP contribution in [0.15, 0.2) is 48.5 Å². The molecule has 0 spiro atoms. The van der Waals surface area contributed by atoms with Crippen molar-refractivity contribution in [3.8, 4) is 5.75 Å². The number of nitro benzene ring substituents is 1. The molecule has 1 N–H and O–H groups in total. The van der Waals surface area contributed by atoms with Gasteiger partial charge in [0.05, 0.1) is 10.5 Å². The molecular formula is C17H14N2O6. The van der Waals surface area contributed by atoms with Gasteiger partial charge in [0.1, 0.15) is 5.75 Å². The van der Waals surface area contributed by atoms with E-state index in [9.17, 15) is 19.7 Å². The highest BCUT2D eigenvalue weighted by Gasteiger charge is 2.34. The number of nitro groups is 1. The molecule has 0 saturated carbocycles. The second-order valence-corrected chi connectivity index (χ2v) is 5.49. The van der Waals surface area contributed by atoms with Crippen LogP contribution in [-0.4, -0.2) is 34.6 Å². The maximum atomic E-state index is 12.5. The standard InChI is InChI=1S/C17H14N2O6/c20-16-15(25-14-6-4-12(5-7-14)19(23)24)8-9-18(16)13-3-1-2-11(10-13)17(21)22/h1-7,10,15H,8-9H2,(H,21,22)/t15-/m1/s1. The van der Waals surface area contributed by atoms with E-state index in [1.165, 1.54) is 41.3 Å². The number of hydrogen-bond acceptors (Lipinski definition) is 5. The Labute approximate surface area is 142 Å².